The number of pyridine rings is 1. The molecule has 0 N–H and O–H groups in total. The summed E-state index contributed by atoms with van der Waals surface area (Å²) in [5, 5.41) is 1.99. The van der Waals surface area contributed by atoms with Crippen molar-refractivity contribution in [2.24, 2.45) is 5.92 Å². The fourth-order valence-electron chi connectivity index (χ4n) is 2.92. The van der Waals surface area contributed by atoms with Crippen molar-refractivity contribution in [2.75, 3.05) is 13.7 Å². The SMILES string of the molecule is Cc1cncc(C(=O)OC[C@H]2CC(=O)N(C)[C@H]2c2cccs2)c1. The van der Waals surface area contributed by atoms with Gasteiger partial charge in [0.15, 0.2) is 0 Å². The Kier molecular flexibility index (Phi) is 4.43. The number of rotatable bonds is 4. The van der Waals surface area contributed by atoms with E-state index in [0.717, 1.165) is 10.4 Å². The number of amides is 1. The van der Waals surface area contributed by atoms with E-state index in [9.17, 15) is 9.59 Å². The first kappa shape index (κ1) is 15.7. The Morgan fingerprint density at radius 2 is 2.30 bits per heavy atom. The number of esters is 1. The molecular weight excluding hydrogens is 312 g/mol. The van der Waals surface area contributed by atoms with E-state index in [4.69, 9.17) is 4.74 Å². The highest BCUT2D eigenvalue weighted by atomic mass is 32.1. The predicted molar refractivity (Wildman–Crippen MR) is 87.2 cm³/mol. The predicted octanol–water partition coefficient (Wildman–Crippen LogP) is 2.83. The Hall–Kier alpha value is -2.21. The Morgan fingerprint density at radius 3 is 3.00 bits per heavy atom. The number of nitrogens with zero attached hydrogens (tertiary/aromatic N) is 2. The molecular formula is C17H18N2O3S. The molecule has 3 heterocycles. The molecule has 3 rings (SSSR count). The summed E-state index contributed by atoms with van der Waals surface area (Å²) in [6.07, 6.45) is 3.59. The summed E-state index contributed by atoms with van der Waals surface area (Å²) >= 11 is 1.62. The minimum atomic E-state index is -0.395. The molecule has 2 aromatic heterocycles. The van der Waals surface area contributed by atoms with Gasteiger partial charge in [0.2, 0.25) is 5.91 Å². The molecule has 1 saturated heterocycles. The van der Waals surface area contributed by atoms with Crippen LogP contribution in [-0.4, -0.2) is 35.4 Å². The van der Waals surface area contributed by atoms with Crippen LogP contribution < -0.4 is 0 Å². The van der Waals surface area contributed by atoms with Crippen molar-refractivity contribution in [3.63, 3.8) is 0 Å². The number of hydrogen-bond acceptors (Lipinski definition) is 5. The maximum absolute atomic E-state index is 12.2. The number of ether oxygens (including phenoxy) is 1. The second-order valence-corrected chi connectivity index (χ2v) is 6.76. The number of carbonyl (C=O) groups excluding carboxylic acids is 2. The van der Waals surface area contributed by atoms with Crippen molar-refractivity contribution in [1.82, 2.24) is 9.88 Å². The first-order valence-corrected chi connectivity index (χ1v) is 8.32. The van der Waals surface area contributed by atoms with Crippen LogP contribution in [-0.2, 0) is 9.53 Å². The maximum atomic E-state index is 12.2. The third kappa shape index (κ3) is 3.27. The molecule has 5 nitrogen and oxygen atoms in total. The zero-order valence-corrected chi connectivity index (χ0v) is 13.9. The van der Waals surface area contributed by atoms with Crippen LogP contribution in [0.4, 0.5) is 0 Å². The minimum Gasteiger partial charge on any atom is -0.462 e. The van der Waals surface area contributed by atoms with Gasteiger partial charge in [0, 0.05) is 36.7 Å². The number of likely N-dealkylation sites (tertiary alicyclic amines) is 1. The van der Waals surface area contributed by atoms with E-state index >= 15 is 0 Å². The second kappa shape index (κ2) is 6.50. The van der Waals surface area contributed by atoms with Crippen molar-refractivity contribution in [3.05, 3.63) is 52.0 Å². The molecule has 1 amide bonds. The summed E-state index contributed by atoms with van der Waals surface area (Å²) in [6.45, 7) is 2.10. The largest absolute Gasteiger partial charge is 0.462 e. The van der Waals surface area contributed by atoms with E-state index in [1.165, 1.54) is 6.20 Å². The summed E-state index contributed by atoms with van der Waals surface area (Å²) in [5.41, 5.74) is 1.35. The van der Waals surface area contributed by atoms with Gasteiger partial charge in [-0.3, -0.25) is 9.78 Å². The van der Waals surface area contributed by atoms with Gasteiger partial charge >= 0.3 is 5.97 Å². The van der Waals surface area contributed by atoms with Gasteiger partial charge in [-0.15, -0.1) is 11.3 Å². The zero-order valence-electron chi connectivity index (χ0n) is 13.1. The molecule has 2 atom stereocenters. The molecule has 0 spiro atoms. The lowest BCUT2D eigenvalue weighted by Gasteiger charge is -2.23. The average Bonchev–Trinajstić information content (AvgIpc) is 3.14. The monoisotopic (exact) mass is 330 g/mol. The second-order valence-electron chi connectivity index (χ2n) is 5.78. The van der Waals surface area contributed by atoms with E-state index in [1.807, 2.05) is 24.4 Å². The van der Waals surface area contributed by atoms with Crippen molar-refractivity contribution in [2.45, 2.75) is 19.4 Å². The first-order valence-electron chi connectivity index (χ1n) is 7.44. The van der Waals surface area contributed by atoms with Gasteiger partial charge in [0.1, 0.15) is 0 Å². The van der Waals surface area contributed by atoms with E-state index in [2.05, 4.69) is 4.98 Å². The van der Waals surface area contributed by atoms with E-state index in [-0.39, 0.29) is 24.5 Å². The number of hydrogen-bond donors (Lipinski definition) is 0. The van der Waals surface area contributed by atoms with Crippen LogP contribution in [0.2, 0.25) is 0 Å². The molecule has 23 heavy (non-hydrogen) atoms. The van der Waals surface area contributed by atoms with Gasteiger partial charge in [0.25, 0.3) is 0 Å². The molecule has 1 fully saturated rings. The van der Waals surface area contributed by atoms with Crippen LogP contribution in [0.25, 0.3) is 0 Å². The normalized spacial score (nSPS) is 20.8. The topological polar surface area (TPSA) is 59.5 Å². The molecule has 0 saturated carbocycles. The lowest BCUT2D eigenvalue weighted by Crippen LogP contribution is -2.25. The molecule has 0 radical (unpaired) electrons. The van der Waals surface area contributed by atoms with Crippen LogP contribution in [0.15, 0.2) is 36.0 Å². The molecule has 1 aliphatic heterocycles. The van der Waals surface area contributed by atoms with E-state index in [0.29, 0.717) is 12.0 Å². The van der Waals surface area contributed by atoms with Gasteiger partial charge in [0.05, 0.1) is 18.2 Å². The standard InChI is InChI=1S/C17H18N2O3S/c1-11-6-12(9-18-8-11)17(21)22-10-13-7-15(20)19(2)16(13)14-4-3-5-23-14/h3-6,8-9,13,16H,7,10H2,1-2H3/t13-,16-/m1/s1. The zero-order chi connectivity index (χ0) is 16.4. The number of aryl methyl sites for hydroxylation is 1. The minimum absolute atomic E-state index is 0.0205. The molecule has 0 aliphatic carbocycles. The molecule has 0 unspecified atom stereocenters. The van der Waals surface area contributed by atoms with E-state index in [1.54, 1.807) is 35.5 Å². The molecule has 6 heteroatoms. The van der Waals surface area contributed by atoms with Gasteiger partial charge in [-0.25, -0.2) is 4.79 Å². The highest BCUT2D eigenvalue weighted by molar-refractivity contribution is 7.10. The quantitative estimate of drug-likeness (QED) is 0.809. The van der Waals surface area contributed by atoms with Crippen molar-refractivity contribution >= 4 is 23.2 Å². The average molecular weight is 330 g/mol. The third-order valence-corrected chi connectivity index (χ3v) is 5.01. The van der Waals surface area contributed by atoms with Gasteiger partial charge < -0.3 is 9.64 Å². The fourth-order valence-corrected chi connectivity index (χ4v) is 3.88. The Morgan fingerprint density at radius 1 is 1.48 bits per heavy atom. The molecule has 0 bridgehead atoms. The van der Waals surface area contributed by atoms with Crippen LogP contribution >= 0.6 is 11.3 Å². The lowest BCUT2D eigenvalue weighted by atomic mass is 10.00. The maximum Gasteiger partial charge on any atom is 0.339 e. The summed E-state index contributed by atoms with van der Waals surface area (Å²) in [5.74, 6) is -0.331. The fraction of sp³-hybridized carbons (Fsp3) is 0.353. The highest BCUT2D eigenvalue weighted by Gasteiger charge is 2.39. The van der Waals surface area contributed by atoms with Crippen LogP contribution in [0, 0.1) is 12.8 Å². The molecule has 120 valence electrons. The number of aromatic nitrogens is 1. The summed E-state index contributed by atoms with van der Waals surface area (Å²) in [6, 6.07) is 5.71. The Labute approximate surface area is 138 Å². The first-order chi connectivity index (χ1) is 11.1. The van der Waals surface area contributed by atoms with E-state index < -0.39 is 5.97 Å². The van der Waals surface area contributed by atoms with Crippen molar-refractivity contribution in [3.8, 4) is 0 Å². The third-order valence-electron chi connectivity index (χ3n) is 4.07. The molecule has 2 aromatic rings. The number of carbonyl (C=O) groups is 2. The van der Waals surface area contributed by atoms with Gasteiger partial charge in [-0.1, -0.05) is 6.07 Å². The molecule has 1 aliphatic rings. The number of thiophene rings is 1. The smallest absolute Gasteiger partial charge is 0.339 e. The van der Waals surface area contributed by atoms with Gasteiger partial charge in [-0.05, 0) is 30.0 Å². The van der Waals surface area contributed by atoms with Crippen molar-refractivity contribution in [1.29, 1.82) is 0 Å². The van der Waals surface area contributed by atoms with Crippen molar-refractivity contribution < 1.29 is 14.3 Å². The lowest BCUT2D eigenvalue weighted by molar-refractivity contribution is -0.127. The highest BCUT2D eigenvalue weighted by Crippen LogP contribution is 2.39. The summed E-state index contributed by atoms with van der Waals surface area (Å²) in [7, 11) is 1.80. The Balaban J connectivity index is 1.69. The van der Waals surface area contributed by atoms with Gasteiger partial charge in [-0.2, -0.15) is 0 Å². The summed E-state index contributed by atoms with van der Waals surface area (Å²) < 4.78 is 5.44. The van der Waals surface area contributed by atoms with Crippen LogP contribution in [0.5, 0.6) is 0 Å². The summed E-state index contributed by atoms with van der Waals surface area (Å²) in [4.78, 5) is 31.1. The Bertz CT molecular complexity index is 714. The molecule has 0 aromatic carbocycles. The van der Waals surface area contributed by atoms with Crippen LogP contribution in [0.3, 0.4) is 0 Å². The van der Waals surface area contributed by atoms with Crippen LogP contribution in [0.1, 0.15) is 33.3 Å².